The van der Waals surface area contributed by atoms with Crippen molar-refractivity contribution in [3.05, 3.63) is 40.6 Å². The zero-order valence-corrected chi connectivity index (χ0v) is 11.4. The fraction of sp³-hybridized carbons (Fsp3) is 0.167. The van der Waals surface area contributed by atoms with Crippen molar-refractivity contribution in [2.24, 2.45) is 7.05 Å². The van der Waals surface area contributed by atoms with Crippen molar-refractivity contribution in [2.45, 2.75) is 6.54 Å². The topological polar surface area (TPSA) is 61.7 Å². The third-order valence-electron chi connectivity index (χ3n) is 2.84. The Morgan fingerprint density at radius 2 is 2.22 bits per heavy atom. The highest BCUT2D eigenvalue weighted by atomic mass is 79.9. The van der Waals surface area contributed by atoms with Crippen LogP contribution in [0.25, 0.3) is 11.0 Å². The number of nitrogens with zero attached hydrogens (tertiary/aromatic N) is 4. The summed E-state index contributed by atoms with van der Waals surface area (Å²) >= 11 is 3.47. The maximum absolute atomic E-state index is 5.97. The average Bonchev–Trinajstić information content (AvgIpc) is 2.86. The van der Waals surface area contributed by atoms with Crippen LogP contribution in [0.1, 0.15) is 5.56 Å². The maximum atomic E-state index is 5.97. The SMILES string of the molecule is Cn1cc(Cn2c(N)nc3ccc(Br)cc32)cn1. The summed E-state index contributed by atoms with van der Waals surface area (Å²) in [5, 5.41) is 4.16. The summed E-state index contributed by atoms with van der Waals surface area (Å²) in [7, 11) is 1.90. The van der Waals surface area contributed by atoms with Crippen LogP contribution in [-0.4, -0.2) is 19.3 Å². The number of aromatic nitrogens is 4. The molecular formula is C12H12BrN5. The molecule has 92 valence electrons. The number of hydrogen-bond donors (Lipinski definition) is 1. The van der Waals surface area contributed by atoms with Gasteiger partial charge in [-0.25, -0.2) is 4.98 Å². The zero-order chi connectivity index (χ0) is 12.7. The maximum Gasteiger partial charge on any atom is 0.201 e. The van der Waals surface area contributed by atoms with Crippen molar-refractivity contribution >= 4 is 32.9 Å². The van der Waals surface area contributed by atoms with Gasteiger partial charge in [0.2, 0.25) is 5.95 Å². The molecule has 0 fully saturated rings. The van der Waals surface area contributed by atoms with E-state index < -0.39 is 0 Å². The van der Waals surface area contributed by atoms with E-state index in [4.69, 9.17) is 5.73 Å². The summed E-state index contributed by atoms with van der Waals surface area (Å²) in [6.07, 6.45) is 3.81. The van der Waals surface area contributed by atoms with E-state index in [1.54, 1.807) is 4.68 Å². The van der Waals surface area contributed by atoms with Crippen LogP contribution >= 0.6 is 15.9 Å². The van der Waals surface area contributed by atoms with Gasteiger partial charge in [0.1, 0.15) is 0 Å². The van der Waals surface area contributed by atoms with Gasteiger partial charge in [0.05, 0.1) is 23.8 Å². The molecule has 0 aliphatic rings. The molecule has 0 saturated carbocycles. The molecule has 0 radical (unpaired) electrons. The van der Waals surface area contributed by atoms with Crippen molar-refractivity contribution in [3.63, 3.8) is 0 Å². The normalized spacial score (nSPS) is 11.2. The fourth-order valence-electron chi connectivity index (χ4n) is 2.02. The van der Waals surface area contributed by atoms with E-state index in [2.05, 4.69) is 26.0 Å². The van der Waals surface area contributed by atoms with Gasteiger partial charge in [-0.3, -0.25) is 4.68 Å². The van der Waals surface area contributed by atoms with Crippen LogP contribution in [0.3, 0.4) is 0 Å². The van der Waals surface area contributed by atoms with E-state index in [9.17, 15) is 0 Å². The number of nitrogens with two attached hydrogens (primary N) is 1. The summed E-state index contributed by atoms with van der Waals surface area (Å²) in [6, 6.07) is 5.94. The molecule has 2 N–H and O–H groups in total. The summed E-state index contributed by atoms with van der Waals surface area (Å²) in [5.41, 5.74) is 8.99. The Labute approximate surface area is 112 Å². The molecule has 0 bridgehead atoms. The Bertz CT molecular complexity index is 712. The van der Waals surface area contributed by atoms with Gasteiger partial charge < -0.3 is 10.3 Å². The van der Waals surface area contributed by atoms with E-state index in [0.717, 1.165) is 21.1 Å². The summed E-state index contributed by atoms with van der Waals surface area (Å²) < 4.78 is 4.78. The number of rotatable bonds is 2. The van der Waals surface area contributed by atoms with Crippen LogP contribution < -0.4 is 5.73 Å². The van der Waals surface area contributed by atoms with Gasteiger partial charge in [0, 0.05) is 23.3 Å². The van der Waals surface area contributed by atoms with Gasteiger partial charge in [0.15, 0.2) is 0 Å². The third-order valence-corrected chi connectivity index (χ3v) is 3.33. The highest BCUT2D eigenvalue weighted by molar-refractivity contribution is 9.10. The zero-order valence-electron chi connectivity index (χ0n) is 9.84. The summed E-state index contributed by atoms with van der Waals surface area (Å²) in [5.74, 6) is 0.520. The lowest BCUT2D eigenvalue weighted by Gasteiger charge is -2.04. The van der Waals surface area contributed by atoms with Crippen LogP contribution in [0, 0.1) is 0 Å². The second-order valence-electron chi connectivity index (χ2n) is 4.21. The smallest absolute Gasteiger partial charge is 0.201 e. The quantitative estimate of drug-likeness (QED) is 0.789. The van der Waals surface area contributed by atoms with Crippen LogP contribution in [0.5, 0.6) is 0 Å². The lowest BCUT2D eigenvalue weighted by molar-refractivity contribution is 0.765. The Kier molecular flexibility index (Phi) is 2.59. The van der Waals surface area contributed by atoms with Gasteiger partial charge in [-0.2, -0.15) is 5.10 Å². The molecule has 1 aromatic carbocycles. The van der Waals surface area contributed by atoms with Crippen molar-refractivity contribution < 1.29 is 0 Å². The monoisotopic (exact) mass is 305 g/mol. The summed E-state index contributed by atoms with van der Waals surface area (Å²) in [6.45, 7) is 0.673. The number of imidazole rings is 1. The first-order chi connectivity index (χ1) is 8.63. The second-order valence-corrected chi connectivity index (χ2v) is 5.13. The van der Waals surface area contributed by atoms with Crippen LogP contribution in [0.15, 0.2) is 35.1 Å². The van der Waals surface area contributed by atoms with Crippen molar-refractivity contribution in [2.75, 3.05) is 5.73 Å². The van der Waals surface area contributed by atoms with Gasteiger partial charge in [0.25, 0.3) is 0 Å². The van der Waals surface area contributed by atoms with Gasteiger partial charge >= 0.3 is 0 Å². The molecule has 5 nitrogen and oxygen atoms in total. The lowest BCUT2D eigenvalue weighted by atomic mass is 10.3. The first-order valence-electron chi connectivity index (χ1n) is 5.52. The Hall–Kier alpha value is -1.82. The Morgan fingerprint density at radius 1 is 1.39 bits per heavy atom. The molecule has 0 saturated heterocycles. The molecular weight excluding hydrogens is 294 g/mol. The number of benzene rings is 1. The number of hydrogen-bond acceptors (Lipinski definition) is 3. The van der Waals surface area contributed by atoms with Crippen molar-refractivity contribution in [1.82, 2.24) is 19.3 Å². The van der Waals surface area contributed by atoms with Crippen LogP contribution in [0.4, 0.5) is 5.95 Å². The minimum atomic E-state index is 0.520. The largest absolute Gasteiger partial charge is 0.369 e. The lowest BCUT2D eigenvalue weighted by Crippen LogP contribution is -2.04. The number of nitrogen functional groups attached to an aromatic ring is 1. The molecule has 2 heterocycles. The molecule has 3 aromatic rings. The van der Waals surface area contributed by atoms with E-state index >= 15 is 0 Å². The number of aryl methyl sites for hydroxylation is 1. The molecule has 0 spiro atoms. The van der Waals surface area contributed by atoms with Crippen LogP contribution in [-0.2, 0) is 13.6 Å². The molecule has 18 heavy (non-hydrogen) atoms. The Balaban J connectivity index is 2.10. The fourth-order valence-corrected chi connectivity index (χ4v) is 2.37. The minimum absolute atomic E-state index is 0.520. The highest BCUT2D eigenvalue weighted by Crippen LogP contribution is 2.23. The average molecular weight is 306 g/mol. The number of halogens is 1. The summed E-state index contributed by atoms with van der Waals surface area (Å²) in [4.78, 5) is 4.35. The van der Waals surface area contributed by atoms with E-state index in [-0.39, 0.29) is 0 Å². The van der Waals surface area contributed by atoms with Gasteiger partial charge in [-0.1, -0.05) is 15.9 Å². The molecule has 0 atom stereocenters. The molecule has 0 amide bonds. The van der Waals surface area contributed by atoms with E-state index in [1.807, 2.05) is 42.2 Å². The molecule has 2 aromatic heterocycles. The Morgan fingerprint density at radius 3 is 2.94 bits per heavy atom. The predicted molar refractivity (Wildman–Crippen MR) is 74.2 cm³/mol. The molecule has 6 heteroatoms. The highest BCUT2D eigenvalue weighted by Gasteiger charge is 2.09. The molecule has 0 unspecified atom stereocenters. The number of fused-ring (bicyclic) bond motifs is 1. The molecule has 0 aliphatic heterocycles. The first-order valence-corrected chi connectivity index (χ1v) is 6.31. The predicted octanol–water partition coefficient (Wildman–Crippen LogP) is 2.16. The van der Waals surface area contributed by atoms with Gasteiger partial charge in [-0.05, 0) is 18.2 Å². The first kappa shape index (κ1) is 11.3. The van der Waals surface area contributed by atoms with Crippen LogP contribution in [0.2, 0.25) is 0 Å². The standard InChI is InChI=1S/C12H12BrN5/c1-17-6-8(5-15-17)7-18-11-4-9(13)2-3-10(11)16-12(18)14/h2-6H,7H2,1H3,(H2,14,16). The van der Waals surface area contributed by atoms with Crippen molar-refractivity contribution in [3.8, 4) is 0 Å². The number of anilines is 1. The molecule has 3 rings (SSSR count). The second kappa shape index (κ2) is 4.13. The molecule has 0 aliphatic carbocycles. The van der Waals surface area contributed by atoms with E-state index in [1.165, 1.54) is 0 Å². The van der Waals surface area contributed by atoms with Crippen molar-refractivity contribution in [1.29, 1.82) is 0 Å². The van der Waals surface area contributed by atoms with E-state index in [0.29, 0.717) is 12.5 Å². The third kappa shape index (κ3) is 1.88. The minimum Gasteiger partial charge on any atom is -0.369 e. The van der Waals surface area contributed by atoms with Gasteiger partial charge in [-0.15, -0.1) is 0 Å².